The topological polar surface area (TPSA) is 21.3 Å². The van der Waals surface area contributed by atoms with Crippen LogP contribution in [0.15, 0.2) is 24.3 Å². The van der Waals surface area contributed by atoms with E-state index in [2.05, 4.69) is 37.2 Å². The van der Waals surface area contributed by atoms with Crippen molar-refractivity contribution in [2.24, 2.45) is 0 Å². The summed E-state index contributed by atoms with van der Waals surface area (Å²) in [6.45, 7) is 6.02. The molecule has 2 nitrogen and oxygen atoms in total. The van der Waals surface area contributed by atoms with E-state index >= 15 is 0 Å². The van der Waals surface area contributed by atoms with Crippen LogP contribution >= 0.6 is 0 Å². The molecule has 1 rings (SSSR count). The highest BCUT2D eigenvalue weighted by Crippen LogP contribution is 2.20. The molecule has 1 atom stereocenters. The summed E-state index contributed by atoms with van der Waals surface area (Å²) in [5, 5.41) is 3.54. The molecule has 1 aromatic rings. The third kappa shape index (κ3) is 4.81. The Kier molecular flexibility index (Phi) is 6.98. The molecule has 0 spiro atoms. The van der Waals surface area contributed by atoms with E-state index in [1.807, 2.05) is 12.1 Å². The quantitative estimate of drug-likeness (QED) is 0.559. The molecule has 1 unspecified atom stereocenters. The van der Waals surface area contributed by atoms with Crippen LogP contribution < -0.4 is 10.1 Å². The Bertz CT molecular complexity index is 364. The van der Waals surface area contributed by atoms with Gasteiger partial charge in [-0.1, -0.05) is 26.0 Å². The maximum atomic E-state index is 5.53. The minimum atomic E-state index is 0.435. The third-order valence-corrected chi connectivity index (χ3v) is 2.85. The van der Waals surface area contributed by atoms with Crippen molar-refractivity contribution in [3.05, 3.63) is 29.8 Å². The highest BCUT2D eigenvalue weighted by molar-refractivity contribution is 5.29. The van der Waals surface area contributed by atoms with Crippen LogP contribution in [0.2, 0.25) is 0 Å². The van der Waals surface area contributed by atoms with Gasteiger partial charge in [0.2, 0.25) is 0 Å². The molecule has 0 fully saturated rings. The fraction of sp³-hybridized carbons (Fsp3) is 0.500. The van der Waals surface area contributed by atoms with E-state index < -0.39 is 0 Å². The van der Waals surface area contributed by atoms with E-state index in [0.717, 1.165) is 25.1 Å². The van der Waals surface area contributed by atoms with Crippen molar-refractivity contribution >= 4 is 0 Å². The second kappa shape index (κ2) is 8.60. The molecule has 1 aromatic carbocycles. The molecule has 0 bridgehead atoms. The average Bonchev–Trinajstić information content (AvgIpc) is 2.41. The summed E-state index contributed by atoms with van der Waals surface area (Å²) in [7, 11) is 0. The SMILES string of the molecule is C#CCCOc1ccc(C(CC)NCCC)cc1. The average molecular weight is 245 g/mol. The number of nitrogens with one attached hydrogen (secondary N) is 1. The predicted molar refractivity (Wildman–Crippen MR) is 76.7 cm³/mol. The molecular weight excluding hydrogens is 222 g/mol. The maximum Gasteiger partial charge on any atom is 0.119 e. The van der Waals surface area contributed by atoms with Crippen molar-refractivity contribution in [3.63, 3.8) is 0 Å². The van der Waals surface area contributed by atoms with E-state index in [4.69, 9.17) is 11.2 Å². The van der Waals surface area contributed by atoms with E-state index in [9.17, 15) is 0 Å². The Labute approximate surface area is 111 Å². The van der Waals surface area contributed by atoms with Gasteiger partial charge in [-0.3, -0.25) is 0 Å². The van der Waals surface area contributed by atoms with Crippen LogP contribution in [0.1, 0.15) is 44.7 Å². The van der Waals surface area contributed by atoms with Gasteiger partial charge in [-0.25, -0.2) is 0 Å². The molecule has 0 aliphatic carbocycles. The molecule has 18 heavy (non-hydrogen) atoms. The first-order valence-electron chi connectivity index (χ1n) is 6.71. The largest absolute Gasteiger partial charge is 0.493 e. The summed E-state index contributed by atoms with van der Waals surface area (Å²) in [6, 6.07) is 8.72. The number of hydrogen-bond donors (Lipinski definition) is 1. The normalized spacial score (nSPS) is 11.8. The van der Waals surface area contributed by atoms with Crippen LogP contribution in [0.5, 0.6) is 5.75 Å². The van der Waals surface area contributed by atoms with Gasteiger partial charge >= 0.3 is 0 Å². The summed E-state index contributed by atoms with van der Waals surface area (Å²) >= 11 is 0. The maximum absolute atomic E-state index is 5.53. The number of rotatable bonds is 8. The van der Waals surface area contributed by atoms with Crippen LogP contribution in [-0.2, 0) is 0 Å². The predicted octanol–water partition coefficient (Wildman–Crippen LogP) is 3.54. The van der Waals surface area contributed by atoms with Gasteiger partial charge in [0.05, 0.1) is 6.61 Å². The van der Waals surface area contributed by atoms with Crippen LogP contribution in [0.4, 0.5) is 0 Å². The lowest BCUT2D eigenvalue weighted by Gasteiger charge is -2.17. The third-order valence-electron chi connectivity index (χ3n) is 2.85. The molecule has 0 saturated carbocycles. The summed E-state index contributed by atoms with van der Waals surface area (Å²) in [5.41, 5.74) is 1.32. The lowest BCUT2D eigenvalue weighted by atomic mass is 10.0. The van der Waals surface area contributed by atoms with Gasteiger partial charge in [0.25, 0.3) is 0 Å². The molecule has 98 valence electrons. The van der Waals surface area contributed by atoms with E-state index in [0.29, 0.717) is 19.1 Å². The highest BCUT2D eigenvalue weighted by Gasteiger charge is 2.07. The van der Waals surface area contributed by atoms with Crippen molar-refractivity contribution in [2.45, 2.75) is 39.2 Å². The van der Waals surface area contributed by atoms with Crippen LogP contribution in [0.3, 0.4) is 0 Å². The molecule has 0 aromatic heterocycles. The first-order valence-corrected chi connectivity index (χ1v) is 6.71. The standard InChI is InChI=1S/C16H23NO/c1-4-7-13-18-15-10-8-14(9-11-15)16(6-3)17-12-5-2/h1,8-11,16-17H,5-7,12-13H2,2-3H3. The van der Waals surface area contributed by atoms with Crippen molar-refractivity contribution in [3.8, 4) is 18.1 Å². The summed E-state index contributed by atoms with van der Waals surface area (Å²) in [4.78, 5) is 0. The fourth-order valence-electron chi connectivity index (χ4n) is 1.84. The Morgan fingerprint density at radius 2 is 2.00 bits per heavy atom. The van der Waals surface area contributed by atoms with E-state index in [-0.39, 0.29) is 0 Å². The van der Waals surface area contributed by atoms with Gasteiger partial charge in [0.1, 0.15) is 5.75 Å². The van der Waals surface area contributed by atoms with Gasteiger partial charge < -0.3 is 10.1 Å². The van der Waals surface area contributed by atoms with Gasteiger partial charge in [0.15, 0.2) is 0 Å². The summed E-state index contributed by atoms with van der Waals surface area (Å²) < 4.78 is 5.53. The Morgan fingerprint density at radius 1 is 1.28 bits per heavy atom. The lowest BCUT2D eigenvalue weighted by molar-refractivity contribution is 0.327. The minimum absolute atomic E-state index is 0.435. The van der Waals surface area contributed by atoms with Crippen LogP contribution in [0.25, 0.3) is 0 Å². The van der Waals surface area contributed by atoms with Crippen LogP contribution in [-0.4, -0.2) is 13.2 Å². The van der Waals surface area contributed by atoms with E-state index in [1.54, 1.807) is 0 Å². The number of hydrogen-bond acceptors (Lipinski definition) is 2. The molecule has 0 heterocycles. The lowest BCUT2D eigenvalue weighted by Crippen LogP contribution is -2.21. The molecule has 0 amide bonds. The van der Waals surface area contributed by atoms with Crippen molar-refractivity contribution in [1.29, 1.82) is 0 Å². The Hall–Kier alpha value is -1.46. The molecular formula is C16H23NO. The number of benzene rings is 1. The second-order valence-electron chi connectivity index (χ2n) is 4.29. The van der Waals surface area contributed by atoms with Crippen molar-refractivity contribution in [2.75, 3.05) is 13.2 Å². The van der Waals surface area contributed by atoms with Gasteiger partial charge in [-0.2, -0.15) is 0 Å². The van der Waals surface area contributed by atoms with Crippen molar-refractivity contribution in [1.82, 2.24) is 5.32 Å². The number of ether oxygens (including phenoxy) is 1. The van der Waals surface area contributed by atoms with Gasteiger partial charge in [-0.15, -0.1) is 12.3 Å². The number of terminal acetylenes is 1. The molecule has 0 saturated heterocycles. The molecule has 1 N–H and O–H groups in total. The monoisotopic (exact) mass is 245 g/mol. The van der Waals surface area contributed by atoms with Crippen LogP contribution in [0, 0.1) is 12.3 Å². The highest BCUT2D eigenvalue weighted by atomic mass is 16.5. The zero-order valence-electron chi connectivity index (χ0n) is 11.4. The molecule has 0 aliphatic rings. The van der Waals surface area contributed by atoms with E-state index in [1.165, 1.54) is 5.56 Å². The molecule has 0 radical (unpaired) electrons. The molecule has 0 aliphatic heterocycles. The van der Waals surface area contributed by atoms with Gasteiger partial charge in [0, 0.05) is 12.5 Å². The van der Waals surface area contributed by atoms with Gasteiger partial charge in [-0.05, 0) is 37.1 Å². The fourth-order valence-corrected chi connectivity index (χ4v) is 1.84. The first-order chi connectivity index (χ1) is 8.81. The Balaban J connectivity index is 2.54. The minimum Gasteiger partial charge on any atom is -0.493 e. The zero-order valence-corrected chi connectivity index (χ0v) is 11.4. The summed E-state index contributed by atoms with van der Waals surface area (Å²) in [5.74, 6) is 3.45. The van der Waals surface area contributed by atoms with Crippen molar-refractivity contribution < 1.29 is 4.74 Å². The molecule has 2 heteroatoms. The zero-order chi connectivity index (χ0) is 13.2. The second-order valence-corrected chi connectivity index (χ2v) is 4.29. The summed E-state index contributed by atoms with van der Waals surface area (Å²) in [6.07, 6.45) is 8.08. The Morgan fingerprint density at radius 3 is 2.56 bits per heavy atom. The first kappa shape index (κ1) is 14.6. The smallest absolute Gasteiger partial charge is 0.119 e.